The monoisotopic (exact) mass is 309 g/mol. The van der Waals surface area contributed by atoms with Gasteiger partial charge in [0.05, 0.1) is 11.3 Å². The van der Waals surface area contributed by atoms with Gasteiger partial charge in [0.2, 0.25) is 0 Å². The lowest BCUT2D eigenvalue weighted by molar-refractivity contribution is 0.249. The second-order valence-electron chi connectivity index (χ2n) is 5.25. The number of H-pyrrole nitrogens is 1. The van der Waals surface area contributed by atoms with Crippen LogP contribution in [0.2, 0.25) is 0 Å². The lowest BCUT2D eigenvalue weighted by Crippen LogP contribution is -2.31. The quantitative estimate of drug-likeness (QED) is 0.686. The van der Waals surface area contributed by atoms with Gasteiger partial charge in [-0.05, 0) is 36.4 Å². The summed E-state index contributed by atoms with van der Waals surface area (Å²) < 4.78 is 0.845. The number of carbonyl (C=O) groups excluding carboxylic acids is 1. The molecule has 6 heteroatoms. The molecule has 0 aliphatic rings. The summed E-state index contributed by atoms with van der Waals surface area (Å²) in [6, 6.07) is 11.5. The molecular formula is C17H17N4O2. The smallest absolute Gasteiger partial charge is 0.325 e. The van der Waals surface area contributed by atoms with E-state index in [9.17, 15) is 9.59 Å². The fourth-order valence-electron chi connectivity index (χ4n) is 2.51. The zero-order chi connectivity index (χ0) is 16.4. The van der Waals surface area contributed by atoms with Crippen molar-refractivity contribution in [3.63, 3.8) is 0 Å². The molecule has 0 spiro atoms. The maximum atomic E-state index is 12.3. The van der Waals surface area contributed by atoms with Gasteiger partial charge in [0.15, 0.2) is 0 Å². The van der Waals surface area contributed by atoms with Crippen LogP contribution in [0.3, 0.4) is 0 Å². The van der Waals surface area contributed by atoms with E-state index in [0.29, 0.717) is 11.3 Å². The Morgan fingerprint density at radius 1 is 1.39 bits per heavy atom. The molecule has 0 saturated carbocycles. The highest BCUT2D eigenvalue weighted by atomic mass is 16.2. The molecule has 0 bridgehead atoms. The topological polar surface area (TPSA) is 92.9 Å². The number of aromatic amines is 1. The highest BCUT2D eigenvalue weighted by Crippen LogP contribution is 2.23. The van der Waals surface area contributed by atoms with Crippen LogP contribution in [0.1, 0.15) is 12.5 Å². The van der Waals surface area contributed by atoms with Gasteiger partial charge in [-0.3, -0.25) is 4.79 Å². The number of benzene rings is 1. The van der Waals surface area contributed by atoms with Gasteiger partial charge in [0.1, 0.15) is 0 Å². The van der Waals surface area contributed by atoms with Crippen molar-refractivity contribution in [3.05, 3.63) is 58.5 Å². The molecular weight excluding hydrogens is 292 g/mol. The minimum atomic E-state index is -0.822. The summed E-state index contributed by atoms with van der Waals surface area (Å²) in [7, 11) is 0. The number of primary amides is 1. The van der Waals surface area contributed by atoms with E-state index in [4.69, 9.17) is 5.73 Å². The third-order valence-corrected chi connectivity index (χ3v) is 3.67. The number of hydrogen-bond acceptors (Lipinski definition) is 3. The van der Waals surface area contributed by atoms with Crippen molar-refractivity contribution in [3.8, 4) is 11.3 Å². The molecule has 2 heterocycles. The van der Waals surface area contributed by atoms with Gasteiger partial charge in [0.25, 0.3) is 5.56 Å². The number of carbonyl (C=O) groups is 1. The standard InChI is InChI=1S/C17H17N4O2/c1-2-19-10-11-5-6-14-12(8-11)9-15(20-14)13-4-3-7-21(16(13)22)17(18)23/h4-9,19-20H,2,10H2,1H3,(H2,18,23). The molecule has 0 fully saturated rings. The summed E-state index contributed by atoms with van der Waals surface area (Å²) in [5.41, 5.74) is 7.81. The molecule has 23 heavy (non-hydrogen) atoms. The van der Waals surface area contributed by atoms with Crippen LogP contribution in [-0.2, 0) is 6.54 Å². The zero-order valence-electron chi connectivity index (χ0n) is 12.7. The number of pyridine rings is 1. The van der Waals surface area contributed by atoms with E-state index in [1.807, 2.05) is 18.2 Å². The molecule has 1 aromatic carbocycles. The Balaban J connectivity index is 2.06. The molecule has 3 rings (SSSR count). The van der Waals surface area contributed by atoms with Crippen LogP contribution in [-0.4, -0.2) is 22.1 Å². The SMILES string of the molecule is CCNCc1ccc2[nH]c(-c3c[c]cn(C(N)=O)c3=O)cc2c1. The van der Waals surface area contributed by atoms with Gasteiger partial charge < -0.3 is 16.0 Å². The van der Waals surface area contributed by atoms with E-state index in [1.165, 1.54) is 11.8 Å². The first-order chi connectivity index (χ1) is 11.1. The number of hydrogen-bond donors (Lipinski definition) is 3. The molecule has 1 amide bonds. The third kappa shape index (κ3) is 2.89. The number of rotatable bonds is 4. The summed E-state index contributed by atoms with van der Waals surface area (Å²) >= 11 is 0. The molecule has 0 aliphatic carbocycles. The molecule has 0 saturated heterocycles. The number of fused-ring (bicyclic) bond motifs is 1. The molecule has 4 N–H and O–H groups in total. The molecule has 3 aromatic rings. The molecule has 2 aromatic heterocycles. The van der Waals surface area contributed by atoms with E-state index in [-0.39, 0.29) is 0 Å². The first-order valence-electron chi connectivity index (χ1n) is 7.35. The first kappa shape index (κ1) is 15.1. The van der Waals surface area contributed by atoms with Crippen molar-refractivity contribution >= 4 is 16.9 Å². The average molecular weight is 309 g/mol. The molecule has 6 nitrogen and oxygen atoms in total. The lowest BCUT2D eigenvalue weighted by atomic mass is 10.1. The number of amides is 1. The summed E-state index contributed by atoms with van der Waals surface area (Å²) in [6.07, 6.45) is 1.24. The van der Waals surface area contributed by atoms with Gasteiger partial charge in [-0.2, -0.15) is 0 Å². The Morgan fingerprint density at radius 3 is 2.96 bits per heavy atom. The van der Waals surface area contributed by atoms with E-state index in [1.54, 1.807) is 6.07 Å². The molecule has 117 valence electrons. The Hall–Kier alpha value is -2.86. The highest BCUT2D eigenvalue weighted by Gasteiger charge is 2.11. The zero-order valence-corrected chi connectivity index (χ0v) is 12.7. The van der Waals surface area contributed by atoms with Crippen LogP contribution in [0, 0.1) is 6.07 Å². The fourth-order valence-corrected chi connectivity index (χ4v) is 2.51. The van der Waals surface area contributed by atoms with E-state index in [2.05, 4.69) is 29.4 Å². The average Bonchev–Trinajstić information content (AvgIpc) is 2.95. The second kappa shape index (κ2) is 6.10. The summed E-state index contributed by atoms with van der Waals surface area (Å²) in [5, 5.41) is 4.28. The number of aromatic nitrogens is 2. The normalized spacial score (nSPS) is 11.0. The van der Waals surface area contributed by atoms with Crippen molar-refractivity contribution in [2.45, 2.75) is 13.5 Å². The second-order valence-corrected chi connectivity index (χ2v) is 5.25. The Labute approximate surface area is 132 Å². The predicted octanol–water partition coefficient (Wildman–Crippen LogP) is 1.83. The van der Waals surface area contributed by atoms with Crippen molar-refractivity contribution < 1.29 is 4.79 Å². The van der Waals surface area contributed by atoms with Gasteiger partial charge >= 0.3 is 6.03 Å². The molecule has 0 atom stereocenters. The maximum absolute atomic E-state index is 12.3. The van der Waals surface area contributed by atoms with E-state index >= 15 is 0 Å². The van der Waals surface area contributed by atoms with Crippen molar-refractivity contribution in [1.29, 1.82) is 0 Å². The molecule has 0 aliphatic heterocycles. The highest BCUT2D eigenvalue weighted by molar-refractivity contribution is 5.86. The van der Waals surface area contributed by atoms with Crippen molar-refractivity contribution in [2.24, 2.45) is 5.73 Å². The number of nitrogens with two attached hydrogens (primary N) is 1. The Kier molecular flexibility index (Phi) is 3.99. The first-order valence-corrected chi connectivity index (χ1v) is 7.35. The van der Waals surface area contributed by atoms with Gasteiger partial charge in [-0.1, -0.05) is 13.0 Å². The van der Waals surface area contributed by atoms with Crippen LogP contribution in [0.15, 0.2) is 41.3 Å². The van der Waals surface area contributed by atoms with Gasteiger partial charge in [-0.25, -0.2) is 9.36 Å². The van der Waals surface area contributed by atoms with Crippen molar-refractivity contribution in [1.82, 2.24) is 14.9 Å². The van der Waals surface area contributed by atoms with Crippen LogP contribution in [0.4, 0.5) is 4.79 Å². The summed E-state index contributed by atoms with van der Waals surface area (Å²) in [5.74, 6) is 0. The van der Waals surface area contributed by atoms with E-state index < -0.39 is 11.6 Å². The summed E-state index contributed by atoms with van der Waals surface area (Å²) in [6.45, 7) is 3.76. The maximum Gasteiger partial charge on any atom is 0.325 e. The van der Waals surface area contributed by atoms with E-state index in [0.717, 1.165) is 28.6 Å². The van der Waals surface area contributed by atoms with Crippen LogP contribution >= 0.6 is 0 Å². The number of nitrogens with one attached hydrogen (secondary N) is 2. The minimum absolute atomic E-state index is 0.357. The largest absolute Gasteiger partial charge is 0.354 e. The van der Waals surface area contributed by atoms with Crippen LogP contribution in [0.25, 0.3) is 22.2 Å². The Bertz CT molecular complexity index is 924. The Morgan fingerprint density at radius 2 is 2.22 bits per heavy atom. The lowest BCUT2D eigenvalue weighted by Gasteiger charge is -2.01. The predicted molar refractivity (Wildman–Crippen MR) is 89.2 cm³/mol. The fraction of sp³-hybridized carbons (Fsp3) is 0.176. The van der Waals surface area contributed by atoms with Crippen LogP contribution in [0.5, 0.6) is 0 Å². The minimum Gasteiger partial charge on any atom is -0.354 e. The van der Waals surface area contributed by atoms with Crippen LogP contribution < -0.4 is 16.6 Å². The van der Waals surface area contributed by atoms with Crippen molar-refractivity contribution in [2.75, 3.05) is 6.54 Å². The number of nitrogens with zero attached hydrogens (tertiary/aromatic N) is 1. The van der Waals surface area contributed by atoms with Gasteiger partial charge in [-0.15, -0.1) is 0 Å². The molecule has 0 unspecified atom stereocenters. The third-order valence-electron chi connectivity index (χ3n) is 3.67. The molecule has 1 radical (unpaired) electrons. The van der Waals surface area contributed by atoms with Gasteiger partial charge in [0, 0.05) is 29.7 Å². The summed E-state index contributed by atoms with van der Waals surface area (Å²) in [4.78, 5) is 26.8.